The molecular weight excluding hydrogens is 725 g/mol. The lowest BCUT2D eigenvalue weighted by Crippen LogP contribution is -2.37. The molecule has 10 heteroatoms. The van der Waals surface area contributed by atoms with Crippen LogP contribution < -0.4 is 4.89 Å². The van der Waals surface area contributed by atoms with Gasteiger partial charge in [0.15, 0.2) is 6.10 Å². The molecule has 0 spiro atoms. The van der Waals surface area contributed by atoms with Gasteiger partial charge in [0.2, 0.25) is 0 Å². The maximum Gasteiger partial charge on any atom is 0.306 e. The van der Waals surface area contributed by atoms with Crippen LogP contribution in [0.5, 0.6) is 0 Å². The predicted molar refractivity (Wildman–Crippen MR) is 231 cm³/mol. The van der Waals surface area contributed by atoms with Crippen LogP contribution >= 0.6 is 7.82 Å². The Morgan fingerprint density at radius 2 is 1.00 bits per heavy atom. The number of allylic oxidation sites excluding steroid dienone is 8. The molecule has 0 heterocycles. The molecule has 56 heavy (non-hydrogen) atoms. The van der Waals surface area contributed by atoms with Gasteiger partial charge < -0.3 is 27.9 Å². The van der Waals surface area contributed by atoms with Crippen LogP contribution in [0.25, 0.3) is 0 Å². The summed E-state index contributed by atoms with van der Waals surface area (Å²) in [5.74, 6) is -0.917. The lowest BCUT2D eigenvalue weighted by atomic mass is 10.1. The second-order valence-electron chi connectivity index (χ2n) is 16.1. The topological polar surface area (TPSA) is 111 Å². The van der Waals surface area contributed by atoms with Crippen LogP contribution in [0.2, 0.25) is 0 Å². The Morgan fingerprint density at radius 1 is 0.554 bits per heavy atom. The first-order chi connectivity index (χ1) is 27.0. The van der Waals surface area contributed by atoms with Gasteiger partial charge in [0.05, 0.1) is 27.7 Å². The highest BCUT2D eigenvalue weighted by molar-refractivity contribution is 7.45. The van der Waals surface area contributed by atoms with Crippen molar-refractivity contribution in [2.45, 2.75) is 187 Å². The zero-order valence-corrected chi connectivity index (χ0v) is 37.5. The van der Waals surface area contributed by atoms with Gasteiger partial charge >= 0.3 is 11.9 Å². The van der Waals surface area contributed by atoms with Gasteiger partial charge in [-0.25, -0.2) is 0 Å². The largest absolute Gasteiger partial charge is 0.756 e. The van der Waals surface area contributed by atoms with E-state index in [4.69, 9.17) is 18.5 Å². The summed E-state index contributed by atoms with van der Waals surface area (Å²) in [6.07, 6.45) is 44.3. The quantitative estimate of drug-likeness (QED) is 0.0198. The Morgan fingerprint density at radius 3 is 1.55 bits per heavy atom. The number of phosphoric acid groups is 1. The molecule has 0 aromatic carbocycles. The number of carbonyl (C=O) groups excluding carboxylic acids is 2. The van der Waals surface area contributed by atoms with Gasteiger partial charge in [-0.1, -0.05) is 152 Å². The molecule has 0 saturated carbocycles. The molecule has 0 amide bonds. The highest BCUT2D eigenvalue weighted by atomic mass is 31.2. The maximum atomic E-state index is 12.7. The van der Waals surface area contributed by atoms with E-state index in [2.05, 4.69) is 56.4 Å². The molecule has 0 aromatic rings. The molecule has 0 aliphatic rings. The molecule has 0 N–H and O–H groups in total. The molecule has 0 saturated heterocycles. The first kappa shape index (κ1) is 54.0. The van der Waals surface area contributed by atoms with E-state index in [0.717, 1.165) is 51.4 Å². The average Bonchev–Trinajstić information content (AvgIpc) is 3.15. The summed E-state index contributed by atoms with van der Waals surface area (Å²) in [5, 5.41) is 0. The monoisotopic (exact) mass is 810 g/mol. The molecule has 2 atom stereocenters. The minimum Gasteiger partial charge on any atom is -0.756 e. The van der Waals surface area contributed by atoms with Crippen molar-refractivity contribution in [2.75, 3.05) is 47.5 Å². The van der Waals surface area contributed by atoms with Crippen molar-refractivity contribution in [1.82, 2.24) is 0 Å². The third kappa shape index (κ3) is 41.6. The van der Waals surface area contributed by atoms with E-state index in [-0.39, 0.29) is 26.1 Å². The molecule has 0 radical (unpaired) electrons. The van der Waals surface area contributed by atoms with Gasteiger partial charge in [-0.05, 0) is 64.2 Å². The van der Waals surface area contributed by atoms with Crippen molar-refractivity contribution >= 4 is 19.8 Å². The summed E-state index contributed by atoms with van der Waals surface area (Å²) in [6.45, 7) is 4.13. The first-order valence-corrected chi connectivity index (χ1v) is 23.8. The molecule has 0 fully saturated rings. The van der Waals surface area contributed by atoms with Crippen molar-refractivity contribution in [3.8, 4) is 0 Å². The van der Waals surface area contributed by atoms with E-state index in [0.29, 0.717) is 23.9 Å². The second-order valence-corrected chi connectivity index (χ2v) is 17.5. The number of quaternary nitrogens is 1. The fourth-order valence-electron chi connectivity index (χ4n) is 5.80. The van der Waals surface area contributed by atoms with Crippen LogP contribution in [-0.4, -0.2) is 70.0 Å². The molecule has 0 bridgehead atoms. The second kappa shape index (κ2) is 38.5. The maximum absolute atomic E-state index is 12.7. The van der Waals surface area contributed by atoms with Crippen molar-refractivity contribution in [1.29, 1.82) is 0 Å². The number of ether oxygens (including phenoxy) is 2. The molecule has 9 nitrogen and oxygen atoms in total. The van der Waals surface area contributed by atoms with Crippen molar-refractivity contribution in [3.05, 3.63) is 48.6 Å². The van der Waals surface area contributed by atoms with E-state index in [1.807, 2.05) is 27.2 Å². The third-order valence-corrected chi connectivity index (χ3v) is 10.3. The van der Waals surface area contributed by atoms with Gasteiger partial charge in [0.1, 0.15) is 19.8 Å². The van der Waals surface area contributed by atoms with Crippen LogP contribution in [0.1, 0.15) is 181 Å². The average molecular weight is 810 g/mol. The van der Waals surface area contributed by atoms with E-state index in [1.165, 1.54) is 89.9 Å². The predicted octanol–water partition coefficient (Wildman–Crippen LogP) is 12.1. The minimum atomic E-state index is -4.64. The third-order valence-electron chi connectivity index (χ3n) is 9.33. The van der Waals surface area contributed by atoms with Crippen LogP contribution in [0, 0.1) is 0 Å². The summed E-state index contributed by atoms with van der Waals surface area (Å²) in [6, 6.07) is 0. The Hall–Kier alpha value is -2.03. The van der Waals surface area contributed by atoms with E-state index < -0.39 is 32.5 Å². The summed E-state index contributed by atoms with van der Waals surface area (Å²) in [5.41, 5.74) is 0. The molecule has 1 unspecified atom stereocenters. The van der Waals surface area contributed by atoms with Crippen molar-refractivity contribution < 1.29 is 42.1 Å². The van der Waals surface area contributed by atoms with Crippen molar-refractivity contribution in [3.63, 3.8) is 0 Å². The zero-order valence-electron chi connectivity index (χ0n) is 36.6. The molecule has 0 aliphatic heterocycles. The SMILES string of the molecule is CCCCC/C=C/C/C=C/C/C=C/CCCCCCC(=O)O[C@H](COC(=O)CC/C=C/CCCCCCCCCCCCC)COP(=O)([O-])OCC[N+](C)(C)C. The highest BCUT2D eigenvalue weighted by Gasteiger charge is 2.21. The smallest absolute Gasteiger partial charge is 0.306 e. The molecule has 0 rings (SSSR count). The number of esters is 2. The Kier molecular flexibility index (Phi) is 37.1. The number of phosphoric ester groups is 1. The number of unbranched alkanes of at least 4 members (excludes halogenated alkanes) is 18. The number of hydrogen-bond donors (Lipinski definition) is 0. The van der Waals surface area contributed by atoms with Gasteiger partial charge in [-0.15, -0.1) is 0 Å². The van der Waals surface area contributed by atoms with E-state index >= 15 is 0 Å². The zero-order chi connectivity index (χ0) is 41.4. The van der Waals surface area contributed by atoms with Crippen LogP contribution in [-0.2, 0) is 32.7 Å². The van der Waals surface area contributed by atoms with Crippen molar-refractivity contribution in [2.24, 2.45) is 0 Å². The number of rotatable bonds is 40. The summed E-state index contributed by atoms with van der Waals surface area (Å²) < 4.78 is 33.8. The number of likely N-dealkylation sites (N-methyl/N-ethyl adjacent to an activating group) is 1. The van der Waals surface area contributed by atoms with Gasteiger partial charge in [0, 0.05) is 12.8 Å². The summed E-state index contributed by atoms with van der Waals surface area (Å²) >= 11 is 0. The number of hydrogen-bond acceptors (Lipinski definition) is 8. The normalized spacial score (nSPS) is 14.0. The fraction of sp³-hybridized carbons (Fsp3) is 0.783. The first-order valence-electron chi connectivity index (χ1n) is 22.3. The Labute approximate surface area is 343 Å². The summed E-state index contributed by atoms with van der Waals surface area (Å²) in [7, 11) is 1.13. The van der Waals surface area contributed by atoms with E-state index in [9.17, 15) is 19.0 Å². The van der Waals surface area contributed by atoms with Crippen LogP contribution in [0.3, 0.4) is 0 Å². The summed E-state index contributed by atoms with van der Waals surface area (Å²) in [4.78, 5) is 37.5. The molecule has 326 valence electrons. The van der Waals surface area contributed by atoms with Gasteiger partial charge in [0.25, 0.3) is 7.82 Å². The van der Waals surface area contributed by atoms with Crippen LogP contribution in [0.15, 0.2) is 48.6 Å². The standard InChI is InChI=1S/C46H84NO8P/c1-6-8-10-12-14-16-18-20-22-23-25-27-29-31-33-35-37-39-46(49)55-44(43-54-56(50,51)53-41-40-47(3,4)5)42-52-45(48)38-36-34-32-30-28-26-24-21-19-17-15-13-11-9-7-2/h14,16,20,22,25,27,32,34,44H,6-13,15,17-19,21,23-24,26,28-31,33,35-43H2,1-5H3/b16-14+,22-20+,27-25+,34-32+/t44-/m1/s1. The van der Waals surface area contributed by atoms with Gasteiger partial charge in [-0.3, -0.25) is 14.2 Å². The lowest BCUT2D eigenvalue weighted by molar-refractivity contribution is -0.870. The highest BCUT2D eigenvalue weighted by Crippen LogP contribution is 2.38. The Balaban J connectivity index is 4.44. The molecule has 0 aliphatic carbocycles. The minimum absolute atomic E-state index is 0.0412. The molecular formula is C46H84NO8P. The van der Waals surface area contributed by atoms with E-state index in [1.54, 1.807) is 0 Å². The van der Waals surface area contributed by atoms with Crippen LogP contribution in [0.4, 0.5) is 0 Å². The number of carbonyl (C=O) groups is 2. The molecule has 0 aromatic heterocycles. The number of nitrogens with zero attached hydrogens (tertiary/aromatic N) is 1. The fourth-order valence-corrected chi connectivity index (χ4v) is 6.52. The lowest BCUT2D eigenvalue weighted by Gasteiger charge is -2.28. The van der Waals surface area contributed by atoms with Gasteiger partial charge in [-0.2, -0.15) is 0 Å². The Bertz CT molecular complexity index is 1100.